The third-order valence-corrected chi connectivity index (χ3v) is 5.48. The standard InChI is InChI=1S/C23H25F/c1-16(21-13-12-20(24)14-17(21)2)8-7-10-19-9-5-6-11-22(19)23(4)15-18(23)3/h5-9,11-14,18H,1,10,15H2,2-4H3/b8-7-. The van der Waals surface area contributed by atoms with E-state index in [-0.39, 0.29) is 5.82 Å². The van der Waals surface area contributed by atoms with Crippen LogP contribution in [-0.2, 0) is 11.8 Å². The lowest BCUT2D eigenvalue weighted by Crippen LogP contribution is -2.06. The molecule has 1 aliphatic carbocycles. The van der Waals surface area contributed by atoms with Crippen molar-refractivity contribution in [2.75, 3.05) is 0 Å². The third kappa shape index (κ3) is 3.21. The molecule has 2 aromatic carbocycles. The van der Waals surface area contributed by atoms with Crippen LogP contribution < -0.4 is 0 Å². The lowest BCUT2D eigenvalue weighted by Gasteiger charge is -2.15. The molecule has 1 heteroatoms. The maximum Gasteiger partial charge on any atom is 0.123 e. The van der Waals surface area contributed by atoms with E-state index in [4.69, 9.17) is 0 Å². The Hall–Kier alpha value is -2.15. The number of allylic oxidation sites excluding steroid dienone is 3. The fraction of sp³-hybridized carbons (Fsp3) is 0.304. The zero-order valence-electron chi connectivity index (χ0n) is 14.8. The van der Waals surface area contributed by atoms with E-state index in [2.05, 4.69) is 56.8 Å². The van der Waals surface area contributed by atoms with Crippen molar-refractivity contribution in [2.24, 2.45) is 5.92 Å². The van der Waals surface area contributed by atoms with Crippen molar-refractivity contribution in [1.82, 2.24) is 0 Å². The lowest BCUT2D eigenvalue weighted by atomic mass is 9.89. The van der Waals surface area contributed by atoms with Crippen molar-refractivity contribution < 1.29 is 4.39 Å². The number of rotatable bonds is 5. The fourth-order valence-corrected chi connectivity index (χ4v) is 3.61. The largest absolute Gasteiger partial charge is 0.207 e. The number of hydrogen-bond donors (Lipinski definition) is 0. The molecule has 24 heavy (non-hydrogen) atoms. The van der Waals surface area contributed by atoms with Crippen molar-refractivity contribution in [1.29, 1.82) is 0 Å². The van der Waals surface area contributed by atoms with Crippen molar-refractivity contribution in [3.8, 4) is 0 Å². The fourth-order valence-electron chi connectivity index (χ4n) is 3.61. The molecule has 0 N–H and O–H groups in total. The van der Waals surface area contributed by atoms with Gasteiger partial charge >= 0.3 is 0 Å². The van der Waals surface area contributed by atoms with Crippen LogP contribution in [0.5, 0.6) is 0 Å². The van der Waals surface area contributed by atoms with Crippen LogP contribution >= 0.6 is 0 Å². The Morgan fingerprint density at radius 1 is 1.29 bits per heavy atom. The second kappa shape index (κ2) is 6.39. The minimum atomic E-state index is -0.200. The number of halogens is 1. The Labute approximate surface area is 144 Å². The van der Waals surface area contributed by atoms with Crippen LogP contribution in [0.3, 0.4) is 0 Å². The summed E-state index contributed by atoms with van der Waals surface area (Å²) in [6.45, 7) is 10.7. The maximum atomic E-state index is 13.2. The molecule has 0 spiro atoms. The van der Waals surface area contributed by atoms with Gasteiger partial charge in [0.05, 0.1) is 0 Å². The molecule has 2 unspecified atom stereocenters. The molecule has 0 aliphatic heterocycles. The van der Waals surface area contributed by atoms with E-state index >= 15 is 0 Å². The van der Waals surface area contributed by atoms with Crippen LogP contribution in [0.25, 0.3) is 5.57 Å². The van der Waals surface area contributed by atoms with Gasteiger partial charge in [-0.15, -0.1) is 0 Å². The molecule has 124 valence electrons. The first-order valence-corrected chi connectivity index (χ1v) is 8.62. The topological polar surface area (TPSA) is 0 Å². The zero-order valence-corrected chi connectivity index (χ0v) is 14.8. The van der Waals surface area contributed by atoms with Gasteiger partial charge < -0.3 is 0 Å². The molecule has 0 amide bonds. The van der Waals surface area contributed by atoms with Gasteiger partial charge in [-0.05, 0) is 71.1 Å². The summed E-state index contributed by atoms with van der Waals surface area (Å²) in [5.41, 5.74) is 6.06. The SMILES string of the molecule is C=C(/C=C\Cc1ccccc1C1(C)CC1C)c1ccc(F)cc1C. The molecule has 1 fully saturated rings. The van der Waals surface area contributed by atoms with E-state index in [1.165, 1.54) is 23.6 Å². The van der Waals surface area contributed by atoms with Crippen molar-refractivity contribution in [3.05, 3.63) is 89.3 Å². The first kappa shape index (κ1) is 16.7. The molecule has 0 bridgehead atoms. The van der Waals surface area contributed by atoms with Gasteiger partial charge in [0.15, 0.2) is 0 Å². The number of aryl methyl sites for hydroxylation is 1. The van der Waals surface area contributed by atoms with E-state index in [1.54, 1.807) is 12.1 Å². The summed E-state index contributed by atoms with van der Waals surface area (Å²) in [5, 5.41) is 0. The molecule has 0 nitrogen and oxygen atoms in total. The minimum Gasteiger partial charge on any atom is -0.207 e. The van der Waals surface area contributed by atoms with Gasteiger partial charge in [0.2, 0.25) is 0 Å². The van der Waals surface area contributed by atoms with Gasteiger partial charge in [0.25, 0.3) is 0 Å². The smallest absolute Gasteiger partial charge is 0.123 e. The zero-order chi connectivity index (χ0) is 17.3. The Balaban J connectivity index is 1.74. The molecule has 1 saturated carbocycles. The molecule has 0 saturated heterocycles. The Bertz CT molecular complexity index is 799. The van der Waals surface area contributed by atoms with Crippen LogP contribution in [0.4, 0.5) is 4.39 Å². The van der Waals surface area contributed by atoms with Crippen molar-refractivity contribution in [3.63, 3.8) is 0 Å². The van der Waals surface area contributed by atoms with Gasteiger partial charge in [0.1, 0.15) is 5.82 Å². The molecule has 0 heterocycles. The summed E-state index contributed by atoms with van der Waals surface area (Å²) in [4.78, 5) is 0. The third-order valence-electron chi connectivity index (χ3n) is 5.48. The Kier molecular flexibility index (Phi) is 4.45. The summed E-state index contributed by atoms with van der Waals surface area (Å²) in [6, 6.07) is 13.6. The summed E-state index contributed by atoms with van der Waals surface area (Å²) >= 11 is 0. The molecular weight excluding hydrogens is 295 g/mol. The van der Waals surface area contributed by atoms with Crippen LogP contribution in [0.2, 0.25) is 0 Å². The van der Waals surface area contributed by atoms with Gasteiger partial charge in [-0.2, -0.15) is 0 Å². The average Bonchev–Trinajstić information content (AvgIpc) is 3.15. The first-order valence-electron chi connectivity index (χ1n) is 8.62. The molecule has 2 aromatic rings. The number of benzene rings is 2. The Morgan fingerprint density at radius 3 is 2.67 bits per heavy atom. The molecule has 3 rings (SSSR count). The highest BCUT2D eigenvalue weighted by atomic mass is 19.1. The van der Waals surface area contributed by atoms with E-state index in [1.807, 2.05) is 6.92 Å². The summed E-state index contributed by atoms with van der Waals surface area (Å²) in [5.74, 6) is 0.563. The monoisotopic (exact) mass is 320 g/mol. The normalized spacial score (nSPS) is 22.8. The number of hydrogen-bond acceptors (Lipinski definition) is 0. The van der Waals surface area contributed by atoms with Crippen LogP contribution in [0.15, 0.2) is 61.2 Å². The summed E-state index contributed by atoms with van der Waals surface area (Å²) < 4.78 is 13.2. The first-order chi connectivity index (χ1) is 11.4. The summed E-state index contributed by atoms with van der Waals surface area (Å²) in [6.07, 6.45) is 6.39. The van der Waals surface area contributed by atoms with Gasteiger partial charge in [-0.3, -0.25) is 0 Å². The van der Waals surface area contributed by atoms with E-state index in [0.717, 1.165) is 29.0 Å². The predicted octanol–water partition coefficient (Wildman–Crippen LogP) is 6.24. The van der Waals surface area contributed by atoms with E-state index < -0.39 is 0 Å². The molecule has 0 radical (unpaired) electrons. The highest BCUT2D eigenvalue weighted by molar-refractivity contribution is 5.74. The molecular formula is C23H25F. The molecule has 2 atom stereocenters. The highest BCUT2D eigenvalue weighted by Crippen LogP contribution is 2.54. The van der Waals surface area contributed by atoms with Crippen molar-refractivity contribution in [2.45, 2.75) is 39.0 Å². The highest BCUT2D eigenvalue weighted by Gasteiger charge is 2.48. The predicted molar refractivity (Wildman–Crippen MR) is 101 cm³/mol. The quantitative estimate of drug-likeness (QED) is 0.572. The molecule has 1 aliphatic rings. The lowest BCUT2D eigenvalue weighted by molar-refractivity contribution is 0.626. The van der Waals surface area contributed by atoms with Crippen LogP contribution in [0.1, 0.15) is 42.5 Å². The summed E-state index contributed by atoms with van der Waals surface area (Å²) in [7, 11) is 0. The van der Waals surface area contributed by atoms with Gasteiger partial charge in [-0.25, -0.2) is 4.39 Å². The van der Waals surface area contributed by atoms with Gasteiger partial charge in [-0.1, -0.05) is 62.9 Å². The second-order valence-corrected chi connectivity index (χ2v) is 7.27. The second-order valence-electron chi connectivity index (χ2n) is 7.27. The average molecular weight is 320 g/mol. The minimum absolute atomic E-state index is 0.200. The molecule has 0 aromatic heterocycles. The van der Waals surface area contributed by atoms with E-state index in [9.17, 15) is 4.39 Å². The van der Waals surface area contributed by atoms with Gasteiger partial charge in [0, 0.05) is 0 Å². The maximum absolute atomic E-state index is 13.2. The van der Waals surface area contributed by atoms with E-state index in [0.29, 0.717) is 5.41 Å². The van der Waals surface area contributed by atoms with Crippen molar-refractivity contribution >= 4 is 5.57 Å². The van der Waals surface area contributed by atoms with Crippen LogP contribution in [0, 0.1) is 18.7 Å². The Morgan fingerprint density at radius 2 is 2.00 bits per heavy atom. The van der Waals surface area contributed by atoms with Crippen LogP contribution in [-0.4, -0.2) is 0 Å².